The van der Waals surface area contributed by atoms with E-state index in [4.69, 9.17) is 0 Å². The number of hydrogen-bond donors (Lipinski definition) is 1. The first-order valence-corrected chi connectivity index (χ1v) is 12.8. The second-order valence-electron chi connectivity index (χ2n) is 7.70. The minimum Gasteiger partial charge on any atom is -0.317 e. The Morgan fingerprint density at radius 3 is 2.42 bits per heavy atom. The van der Waals surface area contributed by atoms with E-state index in [0.29, 0.717) is 10.6 Å². The highest BCUT2D eigenvalue weighted by Gasteiger charge is 2.25. The Morgan fingerprint density at radius 2 is 1.76 bits per heavy atom. The van der Waals surface area contributed by atoms with Crippen LogP contribution in [0.15, 0.2) is 65.6 Å². The molecule has 172 valence electrons. The van der Waals surface area contributed by atoms with Gasteiger partial charge in [0.15, 0.2) is 9.84 Å². The van der Waals surface area contributed by atoms with Crippen molar-refractivity contribution < 1.29 is 13.2 Å². The Balaban J connectivity index is 0.00000306. The largest absolute Gasteiger partial charge is 0.317 e. The van der Waals surface area contributed by atoms with Gasteiger partial charge < -0.3 is 5.32 Å². The molecule has 1 aromatic heterocycles. The van der Waals surface area contributed by atoms with Crippen molar-refractivity contribution in [2.45, 2.75) is 30.8 Å². The van der Waals surface area contributed by atoms with Crippen molar-refractivity contribution in [3.8, 4) is 6.07 Å². The number of hydrogen-bond acceptors (Lipinski definition) is 6. The number of benzene rings is 2. The number of nitrogens with one attached hydrogen (secondary N) is 1. The summed E-state index contributed by atoms with van der Waals surface area (Å²) in [5, 5.41) is 13.0. The van der Waals surface area contributed by atoms with Gasteiger partial charge in [-0.05, 0) is 29.7 Å². The number of anilines is 1. The molecule has 0 fully saturated rings. The van der Waals surface area contributed by atoms with E-state index in [1.54, 1.807) is 18.2 Å². The van der Waals surface area contributed by atoms with Crippen LogP contribution in [0.3, 0.4) is 0 Å². The van der Waals surface area contributed by atoms with Gasteiger partial charge in [0.2, 0.25) is 5.91 Å². The molecule has 4 rings (SSSR count). The van der Waals surface area contributed by atoms with E-state index in [-0.39, 0.29) is 29.5 Å². The first-order chi connectivity index (χ1) is 15.5. The number of nitriles is 1. The fourth-order valence-electron chi connectivity index (χ4n) is 3.80. The Labute approximate surface area is 204 Å². The molecule has 0 unspecified atom stereocenters. The summed E-state index contributed by atoms with van der Waals surface area (Å²) in [6.45, 7) is 2.40. The second-order valence-corrected chi connectivity index (χ2v) is 10.9. The number of carbonyl (C=O) groups excluding carboxylic acids is 1. The highest BCUT2D eigenvalue weighted by Crippen LogP contribution is 2.37. The Kier molecular flexibility index (Phi) is 8.27. The van der Waals surface area contributed by atoms with Crippen molar-refractivity contribution in [2.24, 2.45) is 0 Å². The summed E-state index contributed by atoms with van der Waals surface area (Å²) in [6, 6.07) is 20.6. The number of halogens is 1. The predicted octanol–water partition coefficient (Wildman–Crippen LogP) is 4.40. The van der Waals surface area contributed by atoms with Gasteiger partial charge in [-0.1, -0.05) is 48.5 Å². The van der Waals surface area contributed by atoms with Crippen LogP contribution in [0.4, 0.5) is 5.00 Å². The highest BCUT2D eigenvalue weighted by atomic mass is 35.5. The summed E-state index contributed by atoms with van der Waals surface area (Å²) < 4.78 is 24.8. The molecular weight excluding hydrogens is 478 g/mol. The molecule has 2 heterocycles. The summed E-state index contributed by atoms with van der Waals surface area (Å²) in [4.78, 5) is 16.1. The first kappa shape index (κ1) is 24.9. The van der Waals surface area contributed by atoms with Gasteiger partial charge in [0.1, 0.15) is 11.1 Å². The zero-order chi connectivity index (χ0) is 22.6. The van der Waals surface area contributed by atoms with Crippen LogP contribution < -0.4 is 5.32 Å². The zero-order valence-electron chi connectivity index (χ0n) is 17.9. The minimum atomic E-state index is -3.53. The van der Waals surface area contributed by atoms with Gasteiger partial charge in [-0.3, -0.25) is 9.69 Å². The van der Waals surface area contributed by atoms with E-state index in [2.05, 4.69) is 28.4 Å². The van der Waals surface area contributed by atoms with Crippen molar-refractivity contribution in [1.82, 2.24) is 4.90 Å². The van der Waals surface area contributed by atoms with E-state index < -0.39 is 15.7 Å². The molecule has 33 heavy (non-hydrogen) atoms. The molecule has 0 saturated heterocycles. The SMILES string of the molecule is Cl.N#Cc1c(NC(=O)CCS(=O)(=O)c2ccccc2)sc2c1CCN(Cc1ccccc1)C2. The van der Waals surface area contributed by atoms with Gasteiger partial charge in [0, 0.05) is 30.9 Å². The van der Waals surface area contributed by atoms with Gasteiger partial charge in [-0.25, -0.2) is 8.42 Å². The van der Waals surface area contributed by atoms with E-state index in [1.165, 1.54) is 29.0 Å². The maximum atomic E-state index is 12.5. The molecule has 1 N–H and O–H groups in total. The van der Waals surface area contributed by atoms with E-state index in [0.717, 1.165) is 36.5 Å². The third kappa shape index (κ3) is 6.01. The van der Waals surface area contributed by atoms with Crippen molar-refractivity contribution in [1.29, 1.82) is 5.26 Å². The van der Waals surface area contributed by atoms with Gasteiger partial charge in [-0.2, -0.15) is 5.26 Å². The van der Waals surface area contributed by atoms with Gasteiger partial charge in [0.25, 0.3) is 0 Å². The lowest BCUT2D eigenvalue weighted by Gasteiger charge is -2.26. The average Bonchev–Trinajstić information content (AvgIpc) is 3.15. The smallest absolute Gasteiger partial charge is 0.226 e. The van der Waals surface area contributed by atoms with Crippen molar-refractivity contribution in [2.75, 3.05) is 17.6 Å². The number of rotatable bonds is 7. The number of amides is 1. The fraction of sp³-hybridized carbons (Fsp3) is 0.250. The molecule has 1 aliphatic heterocycles. The maximum absolute atomic E-state index is 12.5. The molecule has 0 saturated carbocycles. The normalized spacial score (nSPS) is 13.4. The summed E-state index contributed by atoms with van der Waals surface area (Å²) in [6.07, 6.45) is 0.588. The Hall–Kier alpha value is -2.70. The molecule has 3 aromatic rings. The third-order valence-corrected chi connectivity index (χ3v) is 8.31. The average molecular weight is 502 g/mol. The molecule has 0 atom stereocenters. The van der Waals surface area contributed by atoms with E-state index in [1.807, 2.05) is 18.2 Å². The number of fused-ring (bicyclic) bond motifs is 1. The van der Waals surface area contributed by atoms with Crippen LogP contribution in [0, 0.1) is 11.3 Å². The standard InChI is InChI=1S/C24H23N3O3S2.ClH/c25-15-21-20-11-13-27(16-18-7-3-1-4-8-18)17-22(20)31-24(21)26-23(28)12-14-32(29,30)19-9-5-2-6-10-19;/h1-10H,11-14,16-17H2,(H,26,28);1H. The topological polar surface area (TPSA) is 90.3 Å². The molecular formula is C24H24ClN3O3S2. The van der Waals surface area contributed by atoms with Crippen LogP contribution in [0.5, 0.6) is 0 Å². The number of sulfone groups is 1. The third-order valence-electron chi connectivity index (χ3n) is 5.45. The molecule has 9 heteroatoms. The monoisotopic (exact) mass is 501 g/mol. The van der Waals surface area contributed by atoms with Crippen molar-refractivity contribution >= 4 is 44.5 Å². The summed E-state index contributed by atoms with van der Waals surface area (Å²) >= 11 is 1.41. The van der Waals surface area contributed by atoms with Gasteiger partial charge in [-0.15, -0.1) is 23.7 Å². The maximum Gasteiger partial charge on any atom is 0.226 e. The molecule has 0 spiro atoms. The van der Waals surface area contributed by atoms with Crippen molar-refractivity contribution in [3.63, 3.8) is 0 Å². The predicted molar refractivity (Wildman–Crippen MR) is 132 cm³/mol. The van der Waals surface area contributed by atoms with E-state index >= 15 is 0 Å². The number of nitrogens with zero attached hydrogens (tertiary/aromatic N) is 2. The van der Waals surface area contributed by atoms with Crippen LogP contribution in [-0.4, -0.2) is 31.5 Å². The van der Waals surface area contributed by atoms with Crippen LogP contribution in [-0.2, 0) is 34.1 Å². The fourth-order valence-corrected chi connectivity index (χ4v) is 6.32. The summed E-state index contributed by atoms with van der Waals surface area (Å²) in [5.41, 5.74) is 2.74. The molecule has 6 nitrogen and oxygen atoms in total. The van der Waals surface area contributed by atoms with Crippen molar-refractivity contribution in [3.05, 3.63) is 82.2 Å². The van der Waals surface area contributed by atoms with Crippen LogP contribution in [0.1, 0.15) is 28.0 Å². The van der Waals surface area contributed by atoms with Crippen LogP contribution in [0.2, 0.25) is 0 Å². The number of thiophene rings is 1. The van der Waals surface area contributed by atoms with E-state index in [9.17, 15) is 18.5 Å². The minimum absolute atomic E-state index is 0. The summed E-state index contributed by atoms with van der Waals surface area (Å²) in [7, 11) is -3.53. The van der Waals surface area contributed by atoms with Gasteiger partial charge in [0.05, 0.1) is 16.2 Å². The molecule has 2 aromatic carbocycles. The molecule has 0 bridgehead atoms. The molecule has 1 amide bonds. The number of carbonyl (C=O) groups is 1. The lowest BCUT2D eigenvalue weighted by atomic mass is 10.0. The lowest BCUT2D eigenvalue weighted by Crippen LogP contribution is -2.29. The lowest BCUT2D eigenvalue weighted by molar-refractivity contribution is -0.115. The first-order valence-electron chi connectivity index (χ1n) is 10.3. The Morgan fingerprint density at radius 1 is 1.09 bits per heavy atom. The summed E-state index contributed by atoms with van der Waals surface area (Å²) in [5.74, 6) is -0.679. The Bertz CT molecular complexity index is 1250. The van der Waals surface area contributed by atoms with Crippen LogP contribution >= 0.6 is 23.7 Å². The van der Waals surface area contributed by atoms with Gasteiger partial charge >= 0.3 is 0 Å². The zero-order valence-corrected chi connectivity index (χ0v) is 20.3. The van der Waals surface area contributed by atoms with Crippen LogP contribution in [0.25, 0.3) is 0 Å². The quantitative estimate of drug-likeness (QED) is 0.518. The second kappa shape index (κ2) is 10.9. The molecule has 1 aliphatic rings. The molecule has 0 aliphatic carbocycles. The highest BCUT2D eigenvalue weighted by molar-refractivity contribution is 7.91. The molecule has 0 radical (unpaired) electrons.